The van der Waals surface area contributed by atoms with Crippen molar-refractivity contribution in [3.63, 3.8) is 0 Å². The fourth-order valence-electron chi connectivity index (χ4n) is 1.40. The molecular formula is C13H19N2O4+. The second kappa shape index (κ2) is 8.10. The monoisotopic (exact) mass is 267 g/mol. The fourth-order valence-corrected chi connectivity index (χ4v) is 1.40. The summed E-state index contributed by atoms with van der Waals surface area (Å²) in [5, 5.41) is 2.42. The Kier molecular flexibility index (Phi) is 6.38. The first-order valence-electron chi connectivity index (χ1n) is 6.10. The molecule has 0 spiro atoms. The zero-order valence-electron chi connectivity index (χ0n) is 10.9. The molecule has 4 N–H and O–H groups in total. The van der Waals surface area contributed by atoms with Gasteiger partial charge in [0.1, 0.15) is 13.2 Å². The van der Waals surface area contributed by atoms with E-state index in [4.69, 9.17) is 9.47 Å². The first-order valence-corrected chi connectivity index (χ1v) is 6.10. The SMILES string of the molecule is CCOC(=O)C(C[NH3+])NC(=O)OCc1ccccc1. The van der Waals surface area contributed by atoms with Crippen LogP contribution in [0.15, 0.2) is 30.3 Å². The highest BCUT2D eigenvalue weighted by atomic mass is 16.6. The van der Waals surface area contributed by atoms with Gasteiger partial charge in [0.05, 0.1) is 6.61 Å². The Balaban J connectivity index is 2.39. The average molecular weight is 267 g/mol. The van der Waals surface area contributed by atoms with Crippen LogP contribution < -0.4 is 11.1 Å². The number of quaternary nitrogens is 1. The summed E-state index contributed by atoms with van der Waals surface area (Å²) in [5.74, 6) is -0.505. The number of ether oxygens (including phenoxy) is 2. The largest absolute Gasteiger partial charge is 0.464 e. The number of carbonyl (C=O) groups is 2. The van der Waals surface area contributed by atoms with Gasteiger partial charge in [0.25, 0.3) is 0 Å². The van der Waals surface area contributed by atoms with Gasteiger partial charge in [0.2, 0.25) is 0 Å². The number of hydrogen-bond acceptors (Lipinski definition) is 4. The van der Waals surface area contributed by atoms with Crippen LogP contribution >= 0.6 is 0 Å². The lowest BCUT2D eigenvalue weighted by Gasteiger charge is -2.13. The third kappa shape index (κ3) is 5.39. The van der Waals surface area contributed by atoms with E-state index < -0.39 is 18.1 Å². The van der Waals surface area contributed by atoms with Gasteiger partial charge in [-0.25, -0.2) is 9.59 Å². The molecule has 1 rings (SSSR count). The summed E-state index contributed by atoms with van der Waals surface area (Å²) >= 11 is 0. The number of rotatable bonds is 6. The maximum absolute atomic E-state index is 11.5. The number of esters is 1. The summed E-state index contributed by atoms with van der Waals surface area (Å²) in [5.41, 5.74) is 4.46. The minimum absolute atomic E-state index is 0.152. The molecule has 0 radical (unpaired) electrons. The van der Waals surface area contributed by atoms with E-state index in [0.29, 0.717) is 0 Å². The maximum atomic E-state index is 11.5. The Bertz CT molecular complexity index is 408. The highest BCUT2D eigenvalue weighted by molar-refractivity contribution is 5.81. The molecule has 1 amide bonds. The van der Waals surface area contributed by atoms with Crippen molar-refractivity contribution in [1.82, 2.24) is 5.32 Å². The van der Waals surface area contributed by atoms with Crippen LogP contribution in [0, 0.1) is 0 Å². The quantitative estimate of drug-likeness (QED) is 0.714. The van der Waals surface area contributed by atoms with Crippen molar-refractivity contribution in [3.8, 4) is 0 Å². The van der Waals surface area contributed by atoms with Gasteiger partial charge in [-0.3, -0.25) is 0 Å². The number of alkyl carbamates (subject to hydrolysis) is 1. The predicted molar refractivity (Wildman–Crippen MR) is 67.9 cm³/mol. The zero-order valence-corrected chi connectivity index (χ0v) is 10.9. The summed E-state index contributed by atoms with van der Waals surface area (Å²) in [4.78, 5) is 23.0. The number of carbonyl (C=O) groups excluding carboxylic acids is 2. The molecule has 1 atom stereocenters. The number of hydrogen-bond donors (Lipinski definition) is 2. The first kappa shape index (κ1) is 15.0. The van der Waals surface area contributed by atoms with Crippen LogP contribution in [0.5, 0.6) is 0 Å². The molecule has 104 valence electrons. The van der Waals surface area contributed by atoms with Crippen LogP contribution in [0.25, 0.3) is 0 Å². The van der Waals surface area contributed by atoms with Crippen LogP contribution in [0.2, 0.25) is 0 Å². The second-order valence-corrected chi connectivity index (χ2v) is 3.80. The molecule has 0 aromatic heterocycles. The van der Waals surface area contributed by atoms with Crippen molar-refractivity contribution in [2.75, 3.05) is 13.2 Å². The second-order valence-electron chi connectivity index (χ2n) is 3.80. The van der Waals surface area contributed by atoms with E-state index in [1.165, 1.54) is 0 Å². The Labute approximate surface area is 111 Å². The van der Waals surface area contributed by atoms with Crippen LogP contribution in [0.1, 0.15) is 12.5 Å². The van der Waals surface area contributed by atoms with Crippen LogP contribution in [0.4, 0.5) is 4.79 Å². The van der Waals surface area contributed by atoms with Crippen LogP contribution in [-0.4, -0.2) is 31.3 Å². The third-order valence-electron chi connectivity index (χ3n) is 2.36. The molecule has 6 nitrogen and oxygen atoms in total. The summed E-state index contributed by atoms with van der Waals surface area (Å²) < 4.78 is 9.81. The summed E-state index contributed by atoms with van der Waals surface area (Å²) in [7, 11) is 0. The van der Waals surface area contributed by atoms with E-state index in [1.807, 2.05) is 30.3 Å². The molecule has 1 aromatic carbocycles. The lowest BCUT2D eigenvalue weighted by molar-refractivity contribution is -0.371. The van der Waals surface area contributed by atoms with E-state index in [0.717, 1.165) is 5.56 Å². The Hall–Kier alpha value is -2.08. The van der Waals surface area contributed by atoms with Gasteiger partial charge in [-0.2, -0.15) is 0 Å². The van der Waals surface area contributed by atoms with Gasteiger partial charge in [0.15, 0.2) is 6.04 Å². The molecule has 6 heteroatoms. The molecule has 0 aliphatic heterocycles. The van der Waals surface area contributed by atoms with Crippen LogP contribution in [0.3, 0.4) is 0 Å². The molecule has 1 unspecified atom stereocenters. The van der Waals surface area contributed by atoms with E-state index in [1.54, 1.807) is 6.92 Å². The van der Waals surface area contributed by atoms with Crippen molar-refractivity contribution in [3.05, 3.63) is 35.9 Å². The topological polar surface area (TPSA) is 92.3 Å². The minimum atomic E-state index is -0.775. The van der Waals surface area contributed by atoms with Crippen molar-refractivity contribution >= 4 is 12.1 Å². The van der Waals surface area contributed by atoms with E-state index in [9.17, 15) is 9.59 Å². The molecule has 0 saturated heterocycles. The van der Waals surface area contributed by atoms with E-state index in [-0.39, 0.29) is 19.8 Å². The predicted octanol–water partition coefficient (Wildman–Crippen LogP) is 0.0864. The smallest absolute Gasteiger partial charge is 0.408 e. The highest BCUT2D eigenvalue weighted by Gasteiger charge is 2.22. The van der Waals surface area contributed by atoms with E-state index >= 15 is 0 Å². The molecule has 1 aromatic rings. The highest BCUT2D eigenvalue weighted by Crippen LogP contribution is 2.00. The van der Waals surface area contributed by atoms with Gasteiger partial charge < -0.3 is 20.5 Å². The van der Waals surface area contributed by atoms with Crippen molar-refractivity contribution in [1.29, 1.82) is 0 Å². The molecular weight excluding hydrogens is 248 g/mol. The fraction of sp³-hybridized carbons (Fsp3) is 0.385. The number of benzene rings is 1. The first-order chi connectivity index (χ1) is 9.17. The van der Waals surface area contributed by atoms with Crippen molar-refractivity contribution < 1.29 is 24.8 Å². The van der Waals surface area contributed by atoms with Gasteiger partial charge in [0, 0.05) is 0 Å². The number of nitrogens with one attached hydrogen (secondary N) is 1. The summed E-state index contributed by atoms with van der Waals surface area (Å²) in [6.45, 7) is 2.32. The zero-order chi connectivity index (χ0) is 14.1. The minimum Gasteiger partial charge on any atom is -0.464 e. The maximum Gasteiger partial charge on any atom is 0.408 e. The molecule has 0 saturated carbocycles. The summed E-state index contributed by atoms with van der Waals surface area (Å²) in [6.07, 6.45) is -0.662. The molecule has 0 heterocycles. The number of amides is 1. The molecule has 0 fully saturated rings. The van der Waals surface area contributed by atoms with E-state index in [2.05, 4.69) is 11.1 Å². The lowest BCUT2D eigenvalue weighted by Crippen LogP contribution is -2.62. The molecule has 0 aliphatic carbocycles. The Morgan fingerprint density at radius 1 is 1.26 bits per heavy atom. The standard InChI is InChI=1S/C13H18N2O4/c1-2-18-12(16)11(8-14)15-13(17)19-9-10-6-4-3-5-7-10/h3-7,11H,2,8-9,14H2,1H3,(H,15,17)/p+1. The van der Waals surface area contributed by atoms with Gasteiger partial charge in [-0.15, -0.1) is 0 Å². The average Bonchev–Trinajstić information content (AvgIpc) is 2.44. The van der Waals surface area contributed by atoms with Gasteiger partial charge in [-0.05, 0) is 12.5 Å². The molecule has 0 bridgehead atoms. The summed E-state index contributed by atoms with van der Waals surface area (Å²) in [6, 6.07) is 8.50. The Morgan fingerprint density at radius 2 is 1.95 bits per heavy atom. The van der Waals surface area contributed by atoms with Gasteiger partial charge >= 0.3 is 12.1 Å². The normalized spacial score (nSPS) is 11.5. The van der Waals surface area contributed by atoms with Crippen molar-refractivity contribution in [2.45, 2.75) is 19.6 Å². The van der Waals surface area contributed by atoms with Crippen molar-refractivity contribution in [2.24, 2.45) is 0 Å². The molecule has 19 heavy (non-hydrogen) atoms. The molecule has 0 aliphatic rings. The van der Waals surface area contributed by atoms with Crippen LogP contribution in [-0.2, 0) is 20.9 Å². The van der Waals surface area contributed by atoms with Gasteiger partial charge in [-0.1, -0.05) is 30.3 Å². The Morgan fingerprint density at radius 3 is 2.53 bits per heavy atom. The third-order valence-corrected chi connectivity index (χ3v) is 2.36. The lowest BCUT2D eigenvalue weighted by atomic mass is 10.2.